The van der Waals surface area contributed by atoms with Crippen molar-refractivity contribution in [3.8, 4) is 11.3 Å². The van der Waals surface area contributed by atoms with Crippen LogP contribution in [0.15, 0.2) is 65.3 Å². The molecule has 0 bridgehead atoms. The van der Waals surface area contributed by atoms with E-state index in [1.807, 2.05) is 39.9 Å². The number of carbonyl (C=O) groups excluding carboxylic acids is 1. The van der Waals surface area contributed by atoms with Crippen molar-refractivity contribution in [2.24, 2.45) is 0 Å². The third-order valence-corrected chi connectivity index (χ3v) is 6.19. The van der Waals surface area contributed by atoms with Crippen molar-refractivity contribution in [3.63, 3.8) is 0 Å². The molecule has 1 aromatic carbocycles. The Morgan fingerprint density at radius 2 is 1.85 bits per heavy atom. The maximum Gasteiger partial charge on any atom is 0.223 e. The largest absolute Gasteiger partial charge is 0.461 e. The van der Waals surface area contributed by atoms with Crippen molar-refractivity contribution in [1.29, 1.82) is 0 Å². The van der Waals surface area contributed by atoms with Gasteiger partial charge in [-0.25, -0.2) is 9.37 Å². The van der Waals surface area contributed by atoms with Crippen molar-refractivity contribution < 1.29 is 13.6 Å². The van der Waals surface area contributed by atoms with E-state index in [4.69, 9.17) is 16.0 Å². The molecule has 170 valence electrons. The van der Waals surface area contributed by atoms with Crippen LogP contribution in [0, 0.1) is 5.82 Å². The van der Waals surface area contributed by atoms with Gasteiger partial charge in [-0.05, 0) is 36.4 Å². The molecule has 6 nitrogen and oxygen atoms in total. The summed E-state index contributed by atoms with van der Waals surface area (Å²) >= 11 is 6.05. The molecule has 1 fully saturated rings. The number of imidazole rings is 1. The fourth-order valence-electron chi connectivity index (χ4n) is 4.18. The molecule has 8 heteroatoms. The van der Waals surface area contributed by atoms with Crippen LogP contribution in [0.5, 0.6) is 0 Å². The molecule has 0 spiro atoms. The Labute approximate surface area is 196 Å². The Kier molecular flexibility index (Phi) is 6.15. The first-order chi connectivity index (χ1) is 16.0. The molecule has 1 aliphatic heterocycles. The predicted octanol–water partition coefficient (Wildman–Crippen LogP) is 4.66. The number of hydrogen-bond acceptors (Lipinski definition) is 4. The normalized spacial score (nSPS) is 14.8. The number of hydrogen-bond donors (Lipinski definition) is 0. The minimum Gasteiger partial charge on any atom is -0.461 e. The van der Waals surface area contributed by atoms with Crippen molar-refractivity contribution in [1.82, 2.24) is 19.2 Å². The number of aromatic nitrogens is 2. The van der Waals surface area contributed by atoms with Gasteiger partial charge >= 0.3 is 0 Å². The molecular weight excluding hydrogens is 443 g/mol. The number of rotatable bonds is 6. The molecule has 3 aromatic heterocycles. The number of piperazine rings is 1. The van der Waals surface area contributed by atoms with Crippen molar-refractivity contribution >= 4 is 23.2 Å². The van der Waals surface area contributed by atoms with Crippen LogP contribution in [0.4, 0.5) is 4.39 Å². The molecule has 4 aromatic rings. The second kappa shape index (κ2) is 9.37. The maximum atomic E-state index is 13.9. The fraction of sp³-hybridized carbons (Fsp3) is 0.280. The molecule has 1 amide bonds. The highest BCUT2D eigenvalue weighted by atomic mass is 35.5. The van der Waals surface area contributed by atoms with Crippen LogP contribution in [0.3, 0.4) is 0 Å². The van der Waals surface area contributed by atoms with Gasteiger partial charge in [0.25, 0.3) is 0 Å². The maximum absolute atomic E-state index is 13.9. The third-order valence-electron chi connectivity index (χ3n) is 5.96. The van der Waals surface area contributed by atoms with E-state index in [1.165, 1.54) is 6.07 Å². The van der Waals surface area contributed by atoms with Gasteiger partial charge in [0.15, 0.2) is 0 Å². The lowest BCUT2D eigenvalue weighted by Gasteiger charge is -2.34. The average molecular weight is 467 g/mol. The number of halogens is 2. The van der Waals surface area contributed by atoms with Crippen LogP contribution < -0.4 is 0 Å². The summed E-state index contributed by atoms with van der Waals surface area (Å²) in [6.45, 7) is 3.73. The van der Waals surface area contributed by atoms with Crippen LogP contribution in [0.1, 0.15) is 17.9 Å². The minimum atomic E-state index is -0.320. The van der Waals surface area contributed by atoms with Gasteiger partial charge in [-0.2, -0.15) is 0 Å². The lowest BCUT2D eigenvalue weighted by atomic mass is 10.1. The summed E-state index contributed by atoms with van der Waals surface area (Å²) in [5.41, 5.74) is 2.29. The van der Waals surface area contributed by atoms with E-state index >= 15 is 0 Å². The fourth-order valence-corrected chi connectivity index (χ4v) is 4.35. The van der Waals surface area contributed by atoms with Gasteiger partial charge in [0, 0.05) is 58.0 Å². The number of benzene rings is 1. The zero-order valence-electron chi connectivity index (χ0n) is 18.1. The first kappa shape index (κ1) is 21.7. The molecule has 0 atom stereocenters. The summed E-state index contributed by atoms with van der Waals surface area (Å²) in [4.78, 5) is 21.5. The van der Waals surface area contributed by atoms with Gasteiger partial charge < -0.3 is 13.7 Å². The van der Waals surface area contributed by atoms with Crippen LogP contribution >= 0.6 is 11.6 Å². The summed E-state index contributed by atoms with van der Waals surface area (Å²) in [7, 11) is 0. The Bertz CT molecular complexity index is 1280. The van der Waals surface area contributed by atoms with Crippen LogP contribution in [-0.2, 0) is 17.8 Å². The average Bonchev–Trinajstić information content (AvgIpc) is 3.44. The van der Waals surface area contributed by atoms with E-state index in [1.54, 1.807) is 24.3 Å². The van der Waals surface area contributed by atoms with Gasteiger partial charge in [0.2, 0.25) is 5.91 Å². The minimum absolute atomic E-state index is 0.112. The first-order valence-corrected chi connectivity index (χ1v) is 11.4. The number of amides is 1. The summed E-state index contributed by atoms with van der Waals surface area (Å²) in [5, 5.41) is 0.677. The molecule has 0 radical (unpaired) electrons. The van der Waals surface area contributed by atoms with Gasteiger partial charge in [0.1, 0.15) is 23.0 Å². The highest BCUT2D eigenvalue weighted by Crippen LogP contribution is 2.25. The molecule has 0 aliphatic carbocycles. The lowest BCUT2D eigenvalue weighted by Crippen LogP contribution is -2.48. The first-order valence-electron chi connectivity index (χ1n) is 11.0. The molecular formula is C25H24ClFN4O2. The molecule has 0 saturated carbocycles. The Morgan fingerprint density at radius 3 is 2.67 bits per heavy atom. The van der Waals surface area contributed by atoms with Gasteiger partial charge in [-0.3, -0.25) is 9.69 Å². The molecule has 4 heterocycles. The molecule has 5 rings (SSSR count). The Balaban J connectivity index is 1.11. The lowest BCUT2D eigenvalue weighted by molar-refractivity contribution is -0.133. The van der Waals surface area contributed by atoms with Crippen LogP contribution in [0.25, 0.3) is 17.0 Å². The molecule has 1 aliphatic rings. The van der Waals surface area contributed by atoms with E-state index in [0.29, 0.717) is 48.0 Å². The zero-order valence-corrected chi connectivity index (χ0v) is 18.8. The number of carbonyl (C=O) groups is 1. The number of fused-ring (bicyclic) bond motifs is 1. The molecule has 0 unspecified atom stereocenters. The zero-order chi connectivity index (χ0) is 22.8. The molecule has 0 N–H and O–H groups in total. The summed E-state index contributed by atoms with van der Waals surface area (Å²) in [6, 6.07) is 13.8. The SMILES string of the molecule is O=C(CCc1ccc(-c2ccccc2F)o1)N1CCN(Cc2cn3cc(Cl)ccc3n2)CC1. The quantitative estimate of drug-likeness (QED) is 0.414. The topological polar surface area (TPSA) is 54.0 Å². The van der Waals surface area contributed by atoms with Gasteiger partial charge in [0.05, 0.1) is 16.3 Å². The Hall–Kier alpha value is -3.16. The van der Waals surface area contributed by atoms with E-state index in [9.17, 15) is 9.18 Å². The van der Waals surface area contributed by atoms with Crippen molar-refractivity contribution in [2.75, 3.05) is 26.2 Å². The van der Waals surface area contributed by atoms with Crippen LogP contribution in [-0.4, -0.2) is 51.3 Å². The standard InChI is InChI=1S/C25H24ClFN4O2/c26-18-5-9-24-28-19(17-31(24)15-18)16-29-11-13-30(14-12-29)25(32)10-7-20-6-8-23(33-20)21-3-1-2-4-22(21)27/h1-6,8-9,15,17H,7,10-14,16H2. The summed E-state index contributed by atoms with van der Waals surface area (Å²) in [6.07, 6.45) is 4.72. The predicted molar refractivity (Wildman–Crippen MR) is 124 cm³/mol. The van der Waals surface area contributed by atoms with E-state index in [0.717, 1.165) is 31.0 Å². The smallest absolute Gasteiger partial charge is 0.223 e. The molecule has 1 saturated heterocycles. The summed E-state index contributed by atoms with van der Waals surface area (Å²) < 4.78 is 21.6. The molecule has 33 heavy (non-hydrogen) atoms. The second-order valence-corrected chi connectivity index (χ2v) is 8.68. The van der Waals surface area contributed by atoms with Gasteiger partial charge in [-0.15, -0.1) is 0 Å². The number of nitrogens with zero attached hydrogens (tertiary/aromatic N) is 4. The highest BCUT2D eigenvalue weighted by molar-refractivity contribution is 6.30. The summed E-state index contributed by atoms with van der Waals surface area (Å²) in [5.74, 6) is 0.964. The number of pyridine rings is 1. The van der Waals surface area contributed by atoms with Crippen molar-refractivity contribution in [2.45, 2.75) is 19.4 Å². The highest BCUT2D eigenvalue weighted by Gasteiger charge is 2.22. The third kappa shape index (κ3) is 4.94. The Morgan fingerprint density at radius 1 is 1.03 bits per heavy atom. The van der Waals surface area contributed by atoms with E-state index in [2.05, 4.69) is 9.88 Å². The number of furan rings is 1. The monoisotopic (exact) mass is 466 g/mol. The van der Waals surface area contributed by atoms with E-state index in [-0.39, 0.29) is 11.7 Å². The number of aryl methyl sites for hydroxylation is 1. The van der Waals surface area contributed by atoms with Crippen molar-refractivity contribution in [3.05, 3.63) is 83.2 Å². The second-order valence-electron chi connectivity index (χ2n) is 8.25. The van der Waals surface area contributed by atoms with E-state index < -0.39 is 0 Å². The van der Waals surface area contributed by atoms with Gasteiger partial charge in [-0.1, -0.05) is 23.7 Å². The van der Waals surface area contributed by atoms with Crippen LogP contribution in [0.2, 0.25) is 5.02 Å².